The molecule has 0 atom stereocenters. The van der Waals surface area contributed by atoms with Crippen LogP contribution in [0.1, 0.15) is 97.8 Å². The minimum atomic E-state index is -0.357. The molecule has 3 heteroatoms. The molecule has 0 radical (unpaired) electrons. The molecule has 0 aromatic rings. The van der Waals surface area contributed by atoms with Crippen LogP contribution in [0.2, 0.25) is 0 Å². The van der Waals surface area contributed by atoms with Gasteiger partial charge in [0.05, 0.1) is 18.8 Å². The van der Waals surface area contributed by atoms with Crippen molar-refractivity contribution in [2.45, 2.75) is 103 Å². The highest BCUT2D eigenvalue weighted by atomic mass is 16.5. The summed E-state index contributed by atoms with van der Waals surface area (Å²) in [5.74, 6) is 0. The molecule has 0 fully saturated rings. The molecule has 0 aliphatic carbocycles. The van der Waals surface area contributed by atoms with Crippen molar-refractivity contribution in [1.29, 1.82) is 0 Å². The molecule has 0 unspecified atom stereocenters. The van der Waals surface area contributed by atoms with E-state index in [2.05, 4.69) is 13.8 Å². The van der Waals surface area contributed by atoms with E-state index in [1.807, 2.05) is 6.92 Å². The summed E-state index contributed by atoms with van der Waals surface area (Å²) in [5, 5.41) is 0. The molecule has 0 aromatic carbocycles. The Hall–Kier alpha value is -0.120. The van der Waals surface area contributed by atoms with Gasteiger partial charge >= 0.3 is 0 Å². The highest BCUT2D eigenvalue weighted by molar-refractivity contribution is 4.77. The summed E-state index contributed by atoms with van der Waals surface area (Å²) < 4.78 is 11.4. The molecule has 0 aliphatic rings. The van der Waals surface area contributed by atoms with Crippen LogP contribution in [0.25, 0.3) is 0 Å². The molecular weight excluding hydrogens is 286 g/mol. The molecule has 23 heavy (non-hydrogen) atoms. The Bertz CT molecular complexity index is 210. The summed E-state index contributed by atoms with van der Waals surface area (Å²) in [6.07, 6.45) is 15.6. The van der Waals surface area contributed by atoms with Crippen molar-refractivity contribution in [3.8, 4) is 0 Å². The smallest absolute Gasteiger partial charge is 0.0666 e. The molecule has 0 aromatic heterocycles. The number of hydrogen-bond acceptors (Lipinski definition) is 3. The average Bonchev–Trinajstić information content (AvgIpc) is 2.52. The van der Waals surface area contributed by atoms with Gasteiger partial charge in [-0.05, 0) is 19.8 Å². The van der Waals surface area contributed by atoms with Crippen molar-refractivity contribution in [2.75, 3.05) is 26.4 Å². The van der Waals surface area contributed by atoms with Crippen LogP contribution in [-0.4, -0.2) is 32.0 Å². The average molecular weight is 330 g/mol. The van der Waals surface area contributed by atoms with E-state index >= 15 is 0 Å². The van der Waals surface area contributed by atoms with Crippen LogP contribution in [0.15, 0.2) is 0 Å². The van der Waals surface area contributed by atoms with Crippen LogP contribution in [-0.2, 0) is 9.47 Å². The van der Waals surface area contributed by atoms with E-state index in [0.717, 1.165) is 26.1 Å². The molecule has 0 aliphatic heterocycles. The summed E-state index contributed by atoms with van der Waals surface area (Å²) in [7, 11) is 0. The number of unbranched alkanes of at least 4 members (excludes halogenated alkanes) is 10. The Morgan fingerprint density at radius 2 is 0.957 bits per heavy atom. The highest BCUT2D eigenvalue weighted by Crippen LogP contribution is 2.08. The second-order valence-corrected chi connectivity index (χ2v) is 7.29. The third-order valence-electron chi connectivity index (χ3n) is 4.15. The van der Waals surface area contributed by atoms with Gasteiger partial charge in [-0.25, -0.2) is 0 Å². The first-order valence-electron chi connectivity index (χ1n) is 10.1. The maximum Gasteiger partial charge on any atom is 0.0666 e. The summed E-state index contributed by atoms with van der Waals surface area (Å²) >= 11 is 0. The molecule has 2 N–H and O–H groups in total. The third kappa shape index (κ3) is 18.1. The van der Waals surface area contributed by atoms with Crippen molar-refractivity contribution >= 4 is 0 Å². The second-order valence-electron chi connectivity index (χ2n) is 7.29. The lowest BCUT2D eigenvalue weighted by Gasteiger charge is -2.24. The highest BCUT2D eigenvalue weighted by Gasteiger charge is 2.18. The largest absolute Gasteiger partial charge is 0.379 e. The molecule has 3 nitrogen and oxygen atoms in total. The van der Waals surface area contributed by atoms with E-state index in [1.165, 1.54) is 64.2 Å². The number of rotatable bonds is 18. The zero-order valence-corrected chi connectivity index (χ0v) is 16.2. The van der Waals surface area contributed by atoms with E-state index in [-0.39, 0.29) is 5.54 Å². The lowest BCUT2D eigenvalue weighted by Crippen LogP contribution is -2.46. The maximum absolute atomic E-state index is 6.23. The van der Waals surface area contributed by atoms with Gasteiger partial charge in [-0.1, -0.05) is 78.1 Å². The van der Waals surface area contributed by atoms with Gasteiger partial charge in [0.2, 0.25) is 0 Å². The Labute approximate surface area is 145 Å². The third-order valence-corrected chi connectivity index (χ3v) is 4.15. The van der Waals surface area contributed by atoms with Crippen LogP contribution < -0.4 is 5.73 Å². The van der Waals surface area contributed by atoms with Crippen molar-refractivity contribution in [2.24, 2.45) is 5.73 Å². The van der Waals surface area contributed by atoms with Crippen LogP contribution in [0.3, 0.4) is 0 Å². The molecule has 0 bridgehead atoms. The normalized spacial score (nSPS) is 12.0. The Kier molecular flexibility index (Phi) is 16.6. The first-order chi connectivity index (χ1) is 11.1. The predicted molar refractivity (Wildman–Crippen MR) is 101 cm³/mol. The summed E-state index contributed by atoms with van der Waals surface area (Å²) in [6.45, 7) is 9.37. The van der Waals surface area contributed by atoms with Gasteiger partial charge in [0, 0.05) is 13.2 Å². The van der Waals surface area contributed by atoms with Crippen molar-refractivity contribution < 1.29 is 9.47 Å². The standard InChI is InChI=1S/C20H43NO2/c1-4-6-8-10-12-14-16-22-18-20(3,21)19-23-17-15-13-11-9-7-5-2/h4-19,21H2,1-3H3. The Morgan fingerprint density at radius 1 is 0.609 bits per heavy atom. The molecule has 0 heterocycles. The van der Waals surface area contributed by atoms with E-state index in [4.69, 9.17) is 15.2 Å². The maximum atomic E-state index is 6.23. The summed E-state index contributed by atoms with van der Waals surface area (Å²) in [4.78, 5) is 0. The number of hydrogen-bond donors (Lipinski definition) is 1. The fourth-order valence-corrected chi connectivity index (χ4v) is 2.62. The Morgan fingerprint density at radius 3 is 1.35 bits per heavy atom. The monoisotopic (exact) mass is 329 g/mol. The van der Waals surface area contributed by atoms with Gasteiger partial charge in [-0.3, -0.25) is 0 Å². The quantitative estimate of drug-likeness (QED) is 0.340. The van der Waals surface area contributed by atoms with Crippen LogP contribution in [0, 0.1) is 0 Å². The van der Waals surface area contributed by atoms with Crippen molar-refractivity contribution in [3.63, 3.8) is 0 Å². The van der Waals surface area contributed by atoms with Crippen molar-refractivity contribution in [1.82, 2.24) is 0 Å². The molecule has 0 saturated carbocycles. The fourth-order valence-electron chi connectivity index (χ4n) is 2.62. The van der Waals surface area contributed by atoms with Gasteiger partial charge in [-0.15, -0.1) is 0 Å². The van der Waals surface area contributed by atoms with Gasteiger partial charge in [0.15, 0.2) is 0 Å². The van der Waals surface area contributed by atoms with Crippen LogP contribution in [0.4, 0.5) is 0 Å². The summed E-state index contributed by atoms with van der Waals surface area (Å²) in [6, 6.07) is 0. The van der Waals surface area contributed by atoms with Crippen molar-refractivity contribution in [3.05, 3.63) is 0 Å². The van der Waals surface area contributed by atoms with Crippen LogP contribution >= 0.6 is 0 Å². The topological polar surface area (TPSA) is 44.5 Å². The molecular formula is C20H43NO2. The van der Waals surface area contributed by atoms with Gasteiger partial charge in [0.25, 0.3) is 0 Å². The first-order valence-corrected chi connectivity index (χ1v) is 10.1. The van der Waals surface area contributed by atoms with E-state index in [1.54, 1.807) is 0 Å². The van der Waals surface area contributed by atoms with E-state index in [9.17, 15) is 0 Å². The molecule has 140 valence electrons. The molecule has 0 amide bonds. The minimum Gasteiger partial charge on any atom is -0.379 e. The molecule has 0 saturated heterocycles. The van der Waals surface area contributed by atoms with E-state index in [0.29, 0.717) is 13.2 Å². The zero-order valence-electron chi connectivity index (χ0n) is 16.2. The van der Waals surface area contributed by atoms with Gasteiger partial charge < -0.3 is 15.2 Å². The number of nitrogens with two attached hydrogens (primary N) is 1. The lowest BCUT2D eigenvalue weighted by atomic mass is 10.1. The second kappa shape index (κ2) is 16.7. The summed E-state index contributed by atoms with van der Waals surface area (Å²) in [5.41, 5.74) is 5.87. The first kappa shape index (κ1) is 22.9. The van der Waals surface area contributed by atoms with Gasteiger partial charge in [-0.2, -0.15) is 0 Å². The van der Waals surface area contributed by atoms with E-state index < -0.39 is 0 Å². The lowest BCUT2D eigenvalue weighted by molar-refractivity contribution is 0.0277. The molecule has 0 rings (SSSR count). The number of ether oxygens (including phenoxy) is 2. The zero-order chi connectivity index (χ0) is 17.2. The molecule has 0 spiro atoms. The minimum absolute atomic E-state index is 0.357. The SMILES string of the molecule is CCCCCCCCOCC(C)(N)COCCCCCCCC. The Balaban J connectivity index is 3.33. The predicted octanol–water partition coefficient (Wildman–Crippen LogP) is 5.46. The van der Waals surface area contributed by atoms with Crippen LogP contribution in [0.5, 0.6) is 0 Å². The van der Waals surface area contributed by atoms with Gasteiger partial charge in [0.1, 0.15) is 0 Å². The fraction of sp³-hybridized carbons (Fsp3) is 1.00.